The van der Waals surface area contributed by atoms with Crippen LogP contribution in [0, 0.1) is 5.82 Å². The van der Waals surface area contributed by atoms with Crippen molar-refractivity contribution in [3.05, 3.63) is 54.6 Å². The Kier molecular flexibility index (Phi) is 2.08. The number of fused-ring (bicyclic) bond motifs is 1. The highest BCUT2D eigenvalue weighted by molar-refractivity contribution is 5.67. The van der Waals surface area contributed by atoms with E-state index in [2.05, 4.69) is 4.98 Å². The molecule has 84 valence electrons. The standard InChI is InChI=1S/C13H10FN3/c14-11-5-4-9(15)8-10(11)12-2-1-3-13-16-6-7-17(12)13/h1-8H,15H2. The lowest BCUT2D eigenvalue weighted by molar-refractivity contribution is 0.630. The first-order valence-electron chi connectivity index (χ1n) is 5.23. The minimum Gasteiger partial charge on any atom is -0.399 e. The highest BCUT2D eigenvalue weighted by atomic mass is 19.1. The third kappa shape index (κ3) is 1.54. The van der Waals surface area contributed by atoms with E-state index >= 15 is 0 Å². The minimum absolute atomic E-state index is 0.291. The Bertz CT molecular complexity index is 688. The molecule has 0 saturated heterocycles. The van der Waals surface area contributed by atoms with Gasteiger partial charge < -0.3 is 5.73 Å². The summed E-state index contributed by atoms with van der Waals surface area (Å²) in [5.41, 5.74) is 8.24. The van der Waals surface area contributed by atoms with Gasteiger partial charge in [0.15, 0.2) is 0 Å². The lowest BCUT2D eigenvalue weighted by Crippen LogP contribution is -1.95. The van der Waals surface area contributed by atoms with E-state index in [4.69, 9.17) is 5.73 Å². The van der Waals surface area contributed by atoms with Gasteiger partial charge in [-0.05, 0) is 30.3 Å². The first kappa shape index (κ1) is 9.84. The molecule has 2 heterocycles. The predicted octanol–water partition coefficient (Wildman–Crippen LogP) is 2.72. The van der Waals surface area contributed by atoms with Gasteiger partial charge in [-0.1, -0.05) is 6.07 Å². The SMILES string of the molecule is Nc1ccc(F)c(-c2cccc3nccn23)c1. The van der Waals surface area contributed by atoms with Crippen molar-refractivity contribution >= 4 is 11.3 Å². The van der Waals surface area contributed by atoms with Crippen LogP contribution in [0.5, 0.6) is 0 Å². The molecule has 1 aromatic carbocycles. The number of nitrogens with two attached hydrogens (primary N) is 1. The van der Waals surface area contributed by atoms with Crippen LogP contribution < -0.4 is 5.73 Å². The van der Waals surface area contributed by atoms with Crippen molar-refractivity contribution in [1.82, 2.24) is 9.38 Å². The van der Waals surface area contributed by atoms with Gasteiger partial charge in [-0.3, -0.25) is 4.40 Å². The second kappa shape index (κ2) is 3.59. The quantitative estimate of drug-likeness (QED) is 0.649. The first-order chi connectivity index (χ1) is 8.25. The number of hydrogen-bond donors (Lipinski definition) is 1. The zero-order valence-corrected chi connectivity index (χ0v) is 8.97. The Morgan fingerprint density at radius 3 is 2.94 bits per heavy atom. The van der Waals surface area contributed by atoms with Crippen LogP contribution in [0.3, 0.4) is 0 Å². The Hall–Kier alpha value is -2.36. The number of nitrogen functional groups attached to an aromatic ring is 1. The Morgan fingerprint density at radius 1 is 1.18 bits per heavy atom. The van der Waals surface area contributed by atoms with Gasteiger partial charge in [0.05, 0.1) is 5.69 Å². The molecule has 3 aromatic rings. The molecular weight excluding hydrogens is 217 g/mol. The van der Waals surface area contributed by atoms with Gasteiger partial charge >= 0.3 is 0 Å². The van der Waals surface area contributed by atoms with Gasteiger partial charge in [-0.25, -0.2) is 9.37 Å². The molecule has 0 aliphatic heterocycles. The van der Waals surface area contributed by atoms with Crippen LogP contribution in [0.2, 0.25) is 0 Å². The molecule has 0 aliphatic rings. The Labute approximate surface area is 97.3 Å². The summed E-state index contributed by atoms with van der Waals surface area (Å²) in [6.45, 7) is 0. The van der Waals surface area contributed by atoms with Crippen LogP contribution in [0.25, 0.3) is 16.9 Å². The molecule has 3 nitrogen and oxygen atoms in total. The van der Waals surface area contributed by atoms with Crippen LogP contribution in [0.4, 0.5) is 10.1 Å². The molecule has 0 atom stereocenters. The molecule has 0 radical (unpaired) electrons. The van der Waals surface area contributed by atoms with Crippen molar-refractivity contribution in [3.8, 4) is 11.3 Å². The van der Waals surface area contributed by atoms with E-state index in [-0.39, 0.29) is 5.82 Å². The summed E-state index contributed by atoms with van der Waals surface area (Å²) in [5, 5.41) is 0. The Morgan fingerprint density at radius 2 is 2.06 bits per heavy atom. The van der Waals surface area contributed by atoms with Crippen LogP contribution in [-0.4, -0.2) is 9.38 Å². The molecule has 2 N–H and O–H groups in total. The van der Waals surface area contributed by atoms with Crippen LogP contribution >= 0.6 is 0 Å². The zero-order chi connectivity index (χ0) is 11.8. The van der Waals surface area contributed by atoms with Crippen molar-refractivity contribution in [1.29, 1.82) is 0 Å². The van der Waals surface area contributed by atoms with Crippen LogP contribution in [0.1, 0.15) is 0 Å². The van der Waals surface area contributed by atoms with E-state index in [9.17, 15) is 4.39 Å². The van der Waals surface area contributed by atoms with Gasteiger partial charge in [0, 0.05) is 23.6 Å². The third-order valence-electron chi connectivity index (χ3n) is 2.69. The lowest BCUT2D eigenvalue weighted by atomic mass is 10.1. The number of nitrogens with zero attached hydrogens (tertiary/aromatic N) is 2. The number of anilines is 1. The fraction of sp³-hybridized carbons (Fsp3) is 0. The van der Waals surface area contributed by atoms with Crippen molar-refractivity contribution in [2.24, 2.45) is 0 Å². The fourth-order valence-electron chi connectivity index (χ4n) is 1.91. The van der Waals surface area contributed by atoms with Crippen molar-refractivity contribution in [3.63, 3.8) is 0 Å². The van der Waals surface area contributed by atoms with Crippen LogP contribution in [-0.2, 0) is 0 Å². The number of rotatable bonds is 1. The summed E-state index contributed by atoms with van der Waals surface area (Å²) < 4.78 is 15.6. The van der Waals surface area contributed by atoms with Crippen LogP contribution in [0.15, 0.2) is 48.8 Å². The molecule has 3 rings (SSSR count). The predicted molar refractivity (Wildman–Crippen MR) is 65.0 cm³/mol. The van der Waals surface area contributed by atoms with E-state index in [1.165, 1.54) is 6.07 Å². The number of aromatic nitrogens is 2. The van der Waals surface area contributed by atoms with Gasteiger partial charge in [0.1, 0.15) is 11.5 Å². The number of benzene rings is 1. The second-order valence-corrected chi connectivity index (χ2v) is 3.81. The van der Waals surface area contributed by atoms with E-state index in [1.54, 1.807) is 24.5 Å². The van der Waals surface area contributed by atoms with E-state index < -0.39 is 0 Å². The van der Waals surface area contributed by atoms with Crippen molar-refractivity contribution in [2.45, 2.75) is 0 Å². The lowest BCUT2D eigenvalue weighted by Gasteiger charge is -2.07. The monoisotopic (exact) mass is 227 g/mol. The number of pyridine rings is 1. The molecule has 4 heteroatoms. The normalized spacial score (nSPS) is 10.9. The molecule has 0 spiro atoms. The number of halogens is 1. The summed E-state index contributed by atoms with van der Waals surface area (Å²) in [4.78, 5) is 4.17. The topological polar surface area (TPSA) is 43.3 Å². The molecule has 17 heavy (non-hydrogen) atoms. The van der Waals surface area contributed by atoms with Crippen molar-refractivity contribution in [2.75, 3.05) is 5.73 Å². The van der Waals surface area contributed by atoms with E-state index in [1.807, 2.05) is 22.6 Å². The average molecular weight is 227 g/mol. The molecule has 0 saturated carbocycles. The maximum absolute atomic E-state index is 13.8. The van der Waals surface area contributed by atoms with Gasteiger partial charge in [0.25, 0.3) is 0 Å². The smallest absolute Gasteiger partial charge is 0.137 e. The van der Waals surface area contributed by atoms with E-state index in [0.29, 0.717) is 11.3 Å². The minimum atomic E-state index is -0.291. The summed E-state index contributed by atoms with van der Waals surface area (Å²) in [5.74, 6) is -0.291. The maximum Gasteiger partial charge on any atom is 0.137 e. The van der Waals surface area contributed by atoms with Gasteiger partial charge in [-0.15, -0.1) is 0 Å². The fourth-order valence-corrected chi connectivity index (χ4v) is 1.91. The zero-order valence-electron chi connectivity index (χ0n) is 8.97. The van der Waals surface area contributed by atoms with Gasteiger partial charge in [0.2, 0.25) is 0 Å². The highest BCUT2D eigenvalue weighted by Crippen LogP contribution is 2.25. The largest absolute Gasteiger partial charge is 0.399 e. The number of imidazole rings is 1. The molecule has 0 amide bonds. The molecule has 0 aliphatic carbocycles. The highest BCUT2D eigenvalue weighted by Gasteiger charge is 2.08. The summed E-state index contributed by atoms with van der Waals surface area (Å²) in [6, 6.07) is 10.1. The van der Waals surface area contributed by atoms with Gasteiger partial charge in [-0.2, -0.15) is 0 Å². The summed E-state index contributed by atoms with van der Waals surface area (Å²) in [6.07, 6.45) is 3.48. The molecular formula is C13H10FN3. The summed E-state index contributed by atoms with van der Waals surface area (Å²) in [7, 11) is 0. The number of hydrogen-bond acceptors (Lipinski definition) is 2. The molecule has 2 aromatic heterocycles. The second-order valence-electron chi connectivity index (χ2n) is 3.81. The average Bonchev–Trinajstić information content (AvgIpc) is 2.80. The molecule has 0 unspecified atom stereocenters. The van der Waals surface area contributed by atoms with E-state index in [0.717, 1.165) is 11.3 Å². The third-order valence-corrected chi connectivity index (χ3v) is 2.69. The maximum atomic E-state index is 13.8. The molecule has 0 bridgehead atoms. The van der Waals surface area contributed by atoms with Crippen molar-refractivity contribution < 1.29 is 4.39 Å². The first-order valence-corrected chi connectivity index (χ1v) is 5.23. The summed E-state index contributed by atoms with van der Waals surface area (Å²) >= 11 is 0. The molecule has 0 fully saturated rings. The Balaban J connectivity index is 2.34.